The summed E-state index contributed by atoms with van der Waals surface area (Å²) in [5.41, 5.74) is 1.81. The summed E-state index contributed by atoms with van der Waals surface area (Å²) in [5, 5.41) is 14.0. The minimum atomic E-state index is -4.86. The first-order valence-electron chi connectivity index (χ1n) is 15.3. The smallest absolute Gasteiger partial charge is 0.429 e. The molecule has 0 radical (unpaired) electrons. The highest BCUT2D eigenvalue weighted by Crippen LogP contribution is 2.31. The number of unbranched alkanes of at least 4 members (excludes halogenated alkanes) is 1. The minimum Gasteiger partial charge on any atom is -0.494 e. The van der Waals surface area contributed by atoms with Crippen molar-refractivity contribution in [2.24, 2.45) is 10.9 Å². The zero-order chi connectivity index (χ0) is 31.5. The Labute approximate surface area is 257 Å². The first kappa shape index (κ1) is 32.9. The van der Waals surface area contributed by atoms with E-state index in [4.69, 9.17) is 10.1 Å². The monoisotopic (exact) mass is 606 g/mol. The third kappa shape index (κ3) is 10.0. The first-order chi connectivity index (χ1) is 21.2. The molecule has 234 valence electrons. The van der Waals surface area contributed by atoms with Gasteiger partial charge in [-0.15, -0.1) is 0 Å². The fourth-order valence-corrected chi connectivity index (χ4v) is 4.77. The van der Waals surface area contributed by atoms with Crippen LogP contribution in [0.15, 0.2) is 77.8 Å². The van der Waals surface area contributed by atoms with Crippen molar-refractivity contribution in [2.75, 3.05) is 18.5 Å². The van der Waals surface area contributed by atoms with E-state index in [1.807, 2.05) is 42.5 Å². The Morgan fingerprint density at radius 2 is 1.75 bits per heavy atom. The van der Waals surface area contributed by atoms with Crippen LogP contribution in [0.5, 0.6) is 5.75 Å². The van der Waals surface area contributed by atoms with Gasteiger partial charge < -0.3 is 20.8 Å². The number of carbonyl (C=O) groups is 1. The van der Waals surface area contributed by atoms with E-state index in [0.29, 0.717) is 23.9 Å². The minimum absolute atomic E-state index is 0.162. The van der Waals surface area contributed by atoms with Crippen LogP contribution in [-0.4, -0.2) is 36.7 Å². The Bertz CT molecular complexity index is 1430. The molecule has 6 nitrogen and oxygen atoms in total. The van der Waals surface area contributed by atoms with E-state index in [-0.39, 0.29) is 11.8 Å². The first-order valence-corrected chi connectivity index (χ1v) is 15.3. The fraction of sp³-hybridized carbons (Fsp3) is 0.400. The van der Waals surface area contributed by atoms with E-state index < -0.39 is 24.2 Å². The Kier molecular flexibility index (Phi) is 11.7. The number of ether oxygens (including phenoxy) is 1. The highest BCUT2D eigenvalue weighted by Gasteiger charge is 2.36. The molecule has 1 aliphatic rings. The summed E-state index contributed by atoms with van der Waals surface area (Å²) in [5.74, 6) is 0.649. The number of benzene rings is 3. The molecular weight excluding hydrogens is 565 g/mol. The summed E-state index contributed by atoms with van der Waals surface area (Å²) < 4.78 is 45.8. The van der Waals surface area contributed by atoms with Gasteiger partial charge in [0.2, 0.25) is 0 Å². The molecular formula is C35H41F3N4O2. The van der Waals surface area contributed by atoms with Gasteiger partial charge in [0.25, 0.3) is 5.91 Å². The van der Waals surface area contributed by atoms with E-state index in [2.05, 4.69) is 29.5 Å². The lowest BCUT2D eigenvalue weighted by Crippen LogP contribution is -2.31. The molecule has 1 unspecified atom stereocenters. The molecule has 44 heavy (non-hydrogen) atoms. The van der Waals surface area contributed by atoms with E-state index >= 15 is 0 Å². The quantitative estimate of drug-likeness (QED) is 0.143. The van der Waals surface area contributed by atoms with Crippen LogP contribution in [-0.2, 0) is 11.2 Å². The van der Waals surface area contributed by atoms with Gasteiger partial charge >= 0.3 is 6.18 Å². The Morgan fingerprint density at radius 3 is 2.43 bits per heavy atom. The molecule has 1 amide bonds. The molecule has 1 saturated carbocycles. The highest BCUT2D eigenvalue weighted by molar-refractivity contribution is 6.46. The van der Waals surface area contributed by atoms with E-state index in [0.717, 1.165) is 54.7 Å². The number of alkyl halides is 3. The second kappa shape index (κ2) is 15.7. The van der Waals surface area contributed by atoms with Gasteiger partial charge in [-0.2, -0.15) is 13.2 Å². The Hall–Kier alpha value is -3.98. The lowest BCUT2D eigenvalue weighted by atomic mass is 9.97. The van der Waals surface area contributed by atoms with Crippen LogP contribution in [0.1, 0.15) is 75.1 Å². The van der Waals surface area contributed by atoms with Crippen LogP contribution in [0.3, 0.4) is 0 Å². The lowest BCUT2D eigenvalue weighted by Gasteiger charge is -2.21. The number of nitrogens with one attached hydrogen (secondary N) is 3. The van der Waals surface area contributed by atoms with Gasteiger partial charge in [0.05, 0.1) is 18.3 Å². The predicted molar refractivity (Wildman–Crippen MR) is 170 cm³/mol. The summed E-state index contributed by atoms with van der Waals surface area (Å²) in [7, 11) is 0. The molecule has 9 heteroatoms. The summed E-state index contributed by atoms with van der Waals surface area (Å²) in [6.45, 7) is 5.62. The summed E-state index contributed by atoms with van der Waals surface area (Å²) >= 11 is 0. The van der Waals surface area contributed by atoms with Gasteiger partial charge in [-0.25, -0.2) is 4.99 Å². The number of aliphatic imine (C=N–C) groups is 1. The predicted octanol–water partition coefficient (Wildman–Crippen LogP) is 8.59. The topological polar surface area (TPSA) is 86.6 Å². The third-order valence-electron chi connectivity index (χ3n) is 7.41. The van der Waals surface area contributed by atoms with Gasteiger partial charge in [-0.05, 0) is 97.7 Å². The summed E-state index contributed by atoms with van der Waals surface area (Å²) in [6.07, 6.45) is 0.263. The van der Waals surface area contributed by atoms with Gasteiger partial charge in [0.1, 0.15) is 17.2 Å². The van der Waals surface area contributed by atoms with Crippen LogP contribution in [0, 0.1) is 11.3 Å². The lowest BCUT2D eigenvalue weighted by molar-refractivity contribution is -0.110. The van der Waals surface area contributed by atoms with Crippen molar-refractivity contribution in [3.05, 3.63) is 89.5 Å². The average molecular weight is 607 g/mol. The van der Waals surface area contributed by atoms with Gasteiger partial charge in [-0.1, -0.05) is 56.7 Å². The number of aryl methyl sites for hydroxylation is 1. The number of rotatable bonds is 16. The summed E-state index contributed by atoms with van der Waals surface area (Å²) in [4.78, 5) is 17.7. The van der Waals surface area contributed by atoms with Crippen LogP contribution in [0.25, 0.3) is 0 Å². The molecule has 1 aliphatic carbocycles. The molecule has 3 aromatic rings. The fourth-order valence-electron chi connectivity index (χ4n) is 4.77. The van der Waals surface area contributed by atoms with Crippen molar-refractivity contribution < 1.29 is 22.7 Å². The largest absolute Gasteiger partial charge is 0.494 e. The van der Waals surface area contributed by atoms with E-state index in [9.17, 15) is 18.0 Å². The van der Waals surface area contributed by atoms with Crippen molar-refractivity contribution in [1.82, 2.24) is 5.32 Å². The number of hydrogen-bond acceptors (Lipinski definition) is 5. The standard InChI is InChI=1S/C35H41F3N4O2/c1-3-5-8-24-9-6-11-28(20-24)41-31(22-32(39)35(36,37)38)34(43)42-29-12-7-10-27(21-29)33(40-23-25-13-14-25)26-15-17-30(18-16-26)44-19-4-2/h6-7,9-12,15-18,20-21,25,33,39-40H,3-5,8,13-14,19,22-23H2,1-2H3,(H,42,43). The molecule has 0 aromatic heterocycles. The van der Waals surface area contributed by atoms with E-state index in [1.165, 1.54) is 12.8 Å². The molecule has 0 spiro atoms. The van der Waals surface area contributed by atoms with E-state index in [1.54, 1.807) is 30.3 Å². The number of halogens is 3. The molecule has 3 N–H and O–H groups in total. The summed E-state index contributed by atoms with van der Waals surface area (Å²) in [6, 6.07) is 22.2. The van der Waals surface area contributed by atoms with Gasteiger partial charge in [0, 0.05) is 12.1 Å². The Balaban J connectivity index is 1.58. The molecule has 3 aromatic carbocycles. The van der Waals surface area contributed by atoms with Crippen molar-refractivity contribution in [2.45, 2.75) is 71.0 Å². The maximum Gasteiger partial charge on any atom is 0.429 e. The van der Waals surface area contributed by atoms with Gasteiger partial charge in [-0.3, -0.25) is 4.79 Å². The second-order valence-electron chi connectivity index (χ2n) is 11.3. The molecule has 1 atom stereocenters. The normalized spacial score (nSPS) is 14.2. The van der Waals surface area contributed by atoms with Crippen LogP contribution in [0.4, 0.5) is 24.5 Å². The highest BCUT2D eigenvalue weighted by atomic mass is 19.4. The number of nitrogens with zero attached hydrogens (tertiary/aromatic N) is 1. The number of anilines is 1. The number of carbonyl (C=O) groups excluding carboxylic acids is 1. The third-order valence-corrected chi connectivity index (χ3v) is 7.41. The number of hydrogen-bond donors (Lipinski definition) is 3. The zero-order valence-electron chi connectivity index (χ0n) is 25.3. The molecule has 0 heterocycles. The molecule has 0 aliphatic heterocycles. The van der Waals surface area contributed by atoms with Gasteiger partial charge in [0.15, 0.2) is 0 Å². The van der Waals surface area contributed by atoms with Crippen molar-refractivity contribution in [1.29, 1.82) is 5.41 Å². The van der Waals surface area contributed by atoms with Crippen molar-refractivity contribution >= 4 is 28.7 Å². The maximum atomic E-state index is 13.4. The van der Waals surface area contributed by atoms with Crippen LogP contribution >= 0.6 is 0 Å². The van der Waals surface area contributed by atoms with Crippen LogP contribution < -0.4 is 15.4 Å². The molecule has 0 saturated heterocycles. The van der Waals surface area contributed by atoms with Crippen molar-refractivity contribution in [3.63, 3.8) is 0 Å². The van der Waals surface area contributed by atoms with Crippen molar-refractivity contribution in [3.8, 4) is 5.75 Å². The van der Waals surface area contributed by atoms with Crippen LogP contribution in [0.2, 0.25) is 0 Å². The molecule has 1 fully saturated rings. The SMILES string of the molecule is CCCCc1cccc(N=C(CC(=N)C(F)(F)F)C(=O)Nc2cccc(C(NCC3CC3)c3ccc(OCCC)cc3)c2)c1. The maximum absolute atomic E-state index is 13.4. The molecule has 0 bridgehead atoms. The zero-order valence-corrected chi connectivity index (χ0v) is 25.3. The molecule has 4 rings (SSSR count). The number of amides is 1. The average Bonchev–Trinajstić information content (AvgIpc) is 3.84. The Morgan fingerprint density at radius 1 is 1.00 bits per heavy atom. The second-order valence-corrected chi connectivity index (χ2v) is 11.3.